The molecule has 154 valence electrons. The number of methoxy groups -OCH3 is 1. The summed E-state index contributed by atoms with van der Waals surface area (Å²) in [6.07, 6.45) is 0. The molecule has 1 aliphatic heterocycles. The maximum atomic E-state index is 5.34. The Balaban J connectivity index is 0.00000280. The topological polar surface area (TPSA) is 56.2 Å². The number of guanidine groups is 1. The molecule has 9 heteroatoms. The van der Waals surface area contributed by atoms with Crippen molar-refractivity contribution >= 4 is 52.1 Å². The Morgan fingerprint density at radius 3 is 2.64 bits per heavy atom. The van der Waals surface area contributed by atoms with Crippen LogP contribution in [0, 0.1) is 0 Å². The van der Waals surface area contributed by atoms with Gasteiger partial charge in [0.15, 0.2) is 11.1 Å². The minimum atomic E-state index is 0. The van der Waals surface area contributed by atoms with Crippen molar-refractivity contribution in [1.82, 2.24) is 15.2 Å². The predicted molar refractivity (Wildman–Crippen MR) is 129 cm³/mol. The molecule has 1 N–H and O–H groups in total. The minimum absolute atomic E-state index is 0. The fraction of sp³-hybridized carbons (Fsp3) is 0.474. The Hall–Kier alpha value is -1.75. The van der Waals surface area contributed by atoms with E-state index in [4.69, 9.17) is 4.74 Å². The summed E-state index contributed by atoms with van der Waals surface area (Å²) in [6.45, 7) is 4.45. The first-order valence-electron chi connectivity index (χ1n) is 9.07. The van der Waals surface area contributed by atoms with Crippen molar-refractivity contribution in [2.24, 2.45) is 4.99 Å². The van der Waals surface area contributed by atoms with Crippen LogP contribution in [-0.4, -0.2) is 70.3 Å². The first-order valence-corrected chi connectivity index (χ1v) is 9.95. The van der Waals surface area contributed by atoms with Gasteiger partial charge in [-0.3, -0.25) is 4.99 Å². The van der Waals surface area contributed by atoms with Gasteiger partial charge in [0.25, 0.3) is 0 Å². The normalized spacial score (nSPS) is 14.5. The van der Waals surface area contributed by atoms with Gasteiger partial charge in [0.05, 0.1) is 19.3 Å². The van der Waals surface area contributed by atoms with Crippen LogP contribution in [0.5, 0.6) is 5.75 Å². The van der Waals surface area contributed by atoms with Crippen LogP contribution < -0.4 is 19.9 Å². The lowest BCUT2D eigenvalue weighted by molar-refractivity contribution is 0.371. The van der Waals surface area contributed by atoms with Crippen molar-refractivity contribution in [3.63, 3.8) is 0 Å². The van der Waals surface area contributed by atoms with Gasteiger partial charge in [-0.2, -0.15) is 0 Å². The number of hydrogen-bond acceptors (Lipinski definition) is 6. The van der Waals surface area contributed by atoms with E-state index >= 15 is 0 Å². The molecule has 0 atom stereocenters. The summed E-state index contributed by atoms with van der Waals surface area (Å²) in [6, 6.07) is 8.24. The zero-order valence-corrected chi connectivity index (χ0v) is 20.0. The number of benzene rings is 1. The number of thiazole rings is 1. The minimum Gasteiger partial charge on any atom is -0.497 e. The first kappa shape index (κ1) is 22.5. The molecular formula is C19H29IN6OS. The molecule has 1 aliphatic rings. The first-order chi connectivity index (χ1) is 13.1. The SMILES string of the molecule is CN=C(NCc1csc(N(C)C)n1)N1CCN(c2cccc(OC)c2)CC1.I. The summed E-state index contributed by atoms with van der Waals surface area (Å²) < 4.78 is 5.34. The molecule has 1 aromatic carbocycles. The third kappa shape index (κ3) is 5.63. The van der Waals surface area contributed by atoms with Crippen LogP contribution in [0.3, 0.4) is 0 Å². The van der Waals surface area contributed by atoms with Crippen LogP contribution in [0.25, 0.3) is 0 Å². The van der Waals surface area contributed by atoms with E-state index in [0.717, 1.165) is 48.7 Å². The molecule has 1 saturated heterocycles. The van der Waals surface area contributed by atoms with Gasteiger partial charge in [-0.1, -0.05) is 6.07 Å². The van der Waals surface area contributed by atoms with Gasteiger partial charge >= 0.3 is 0 Å². The molecule has 0 spiro atoms. The number of halogens is 1. The molecule has 28 heavy (non-hydrogen) atoms. The van der Waals surface area contributed by atoms with E-state index in [0.29, 0.717) is 6.54 Å². The number of piperazine rings is 1. The highest BCUT2D eigenvalue weighted by atomic mass is 127. The van der Waals surface area contributed by atoms with E-state index in [9.17, 15) is 0 Å². The summed E-state index contributed by atoms with van der Waals surface area (Å²) in [5, 5.41) is 6.56. The highest BCUT2D eigenvalue weighted by Crippen LogP contribution is 2.22. The summed E-state index contributed by atoms with van der Waals surface area (Å²) >= 11 is 1.66. The highest BCUT2D eigenvalue weighted by Gasteiger charge is 2.20. The molecule has 0 bridgehead atoms. The fourth-order valence-electron chi connectivity index (χ4n) is 3.07. The molecule has 7 nitrogen and oxygen atoms in total. The van der Waals surface area contributed by atoms with Gasteiger partial charge in [0, 0.05) is 64.5 Å². The van der Waals surface area contributed by atoms with E-state index in [-0.39, 0.29) is 24.0 Å². The van der Waals surface area contributed by atoms with Gasteiger partial charge in [0.1, 0.15) is 5.75 Å². The Kier molecular flexibility index (Phi) is 8.61. The maximum Gasteiger partial charge on any atom is 0.194 e. The van der Waals surface area contributed by atoms with Gasteiger partial charge < -0.3 is 24.8 Å². The number of aliphatic imine (C=N–C) groups is 1. The number of rotatable bonds is 5. The quantitative estimate of drug-likeness (QED) is 0.375. The molecule has 1 aromatic heterocycles. The van der Waals surface area contributed by atoms with Gasteiger partial charge in [-0.15, -0.1) is 35.3 Å². The Morgan fingerprint density at radius 2 is 2.04 bits per heavy atom. The van der Waals surface area contributed by atoms with Crippen molar-refractivity contribution in [2.75, 3.05) is 64.2 Å². The van der Waals surface area contributed by atoms with Crippen LogP contribution in [0.15, 0.2) is 34.6 Å². The molecule has 3 rings (SSSR count). The Labute approximate surface area is 188 Å². The van der Waals surface area contributed by atoms with Crippen molar-refractivity contribution in [1.29, 1.82) is 0 Å². The molecule has 0 aliphatic carbocycles. The van der Waals surface area contributed by atoms with Gasteiger partial charge in [-0.05, 0) is 12.1 Å². The second-order valence-corrected chi connectivity index (χ2v) is 7.43. The number of nitrogens with zero attached hydrogens (tertiary/aromatic N) is 5. The van der Waals surface area contributed by atoms with E-state index in [1.807, 2.05) is 38.2 Å². The zero-order chi connectivity index (χ0) is 19.2. The van der Waals surface area contributed by atoms with Crippen molar-refractivity contribution in [3.05, 3.63) is 35.3 Å². The van der Waals surface area contributed by atoms with Crippen LogP contribution in [0.2, 0.25) is 0 Å². The zero-order valence-electron chi connectivity index (χ0n) is 16.9. The predicted octanol–water partition coefficient (Wildman–Crippen LogP) is 2.73. The fourth-order valence-corrected chi connectivity index (χ4v) is 3.83. The van der Waals surface area contributed by atoms with Crippen molar-refractivity contribution in [2.45, 2.75) is 6.54 Å². The third-order valence-corrected chi connectivity index (χ3v) is 5.62. The average molecular weight is 516 g/mol. The van der Waals surface area contributed by atoms with E-state index in [1.54, 1.807) is 18.4 Å². The Bertz CT molecular complexity index is 773. The molecule has 1 fully saturated rings. The number of aromatic nitrogens is 1. The Morgan fingerprint density at radius 1 is 1.29 bits per heavy atom. The third-order valence-electron chi connectivity index (χ3n) is 4.56. The second kappa shape index (κ2) is 10.7. The van der Waals surface area contributed by atoms with E-state index < -0.39 is 0 Å². The molecule has 0 radical (unpaired) electrons. The van der Waals surface area contributed by atoms with Crippen LogP contribution in [0.4, 0.5) is 10.8 Å². The van der Waals surface area contributed by atoms with Gasteiger partial charge in [-0.25, -0.2) is 4.98 Å². The van der Waals surface area contributed by atoms with Crippen molar-refractivity contribution in [3.8, 4) is 5.75 Å². The summed E-state index contributed by atoms with van der Waals surface area (Å²) in [4.78, 5) is 15.8. The molecule has 2 aromatic rings. The van der Waals surface area contributed by atoms with E-state index in [2.05, 4.69) is 42.6 Å². The molecule has 0 unspecified atom stereocenters. The summed E-state index contributed by atoms with van der Waals surface area (Å²) in [5.41, 5.74) is 2.25. The monoisotopic (exact) mass is 516 g/mol. The lowest BCUT2D eigenvalue weighted by Gasteiger charge is -2.37. The molecule has 0 saturated carbocycles. The van der Waals surface area contributed by atoms with Gasteiger partial charge in [0.2, 0.25) is 0 Å². The molecule has 0 amide bonds. The van der Waals surface area contributed by atoms with Crippen LogP contribution in [0.1, 0.15) is 5.69 Å². The lowest BCUT2D eigenvalue weighted by atomic mass is 10.2. The summed E-state index contributed by atoms with van der Waals surface area (Å²) in [5.74, 6) is 1.83. The lowest BCUT2D eigenvalue weighted by Crippen LogP contribution is -2.52. The highest BCUT2D eigenvalue weighted by molar-refractivity contribution is 14.0. The number of hydrogen-bond donors (Lipinski definition) is 1. The standard InChI is InChI=1S/C19H28N6OS.HI/c1-20-18(21-13-15-14-27-19(22-15)23(2)3)25-10-8-24(9-11-25)16-6-5-7-17(12-16)26-4;/h5-7,12,14H,8-11,13H2,1-4H3,(H,20,21);1H. The average Bonchev–Trinajstić information content (AvgIpc) is 3.18. The molecular weight excluding hydrogens is 487 g/mol. The largest absolute Gasteiger partial charge is 0.497 e. The molecule has 2 heterocycles. The number of anilines is 2. The van der Waals surface area contributed by atoms with E-state index in [1.165, 1.54) is 5.69 Å². The number of ether oxygens (including phenoxy) is 1. The second-order valence-electron chi connectivity index (χ2n) is 6.59. The smallest absolute Gasteiger partial charge is 0.194 e. The maximum absolute atomic E-state index is 5.34. The van der Waals surface area contributed by atoms with Crippen molar-refractivity contribution < 1.29 is 4.74 Å². The number of nitrogens with one attached hydrogen (secondary N) is 1. The van der Waals surface area contributed by atoms with Crippen LogP contribution in [-0.2, 0) is 6.54 Å². The van der Waals surface area contributed by atoms with Crippen LogP contribution >= 0.6 is 35.3 Å². The summed E-state index contributed by atoms with van der Waals surface area (Å²) in [7, 11) is 7.56.